The maximum Gasteiger partial charge on any atom is 0.127 e. The van der Waals surface area contributed by atoms with Gasteiger partial charge in [-0.2, -0.15) is 11.3 Å². The van der Waals surface area contributed by atoms with Gasteiger partial charge >= 0.3 is 0 Å². The summed E-state index contributed by atoms with van der Waals surface area (Å²) in [5.74, 6) is -0.102. The van der Waals surface area contributed by atoms with Gasteiger partial charge in [0.2, 0.25) is 0 Å². The van der Waals surface area contributed by atoms with Crippen LogP contribution in [0.4, 0.5) is 4.39 Å². The molecule has 0 radical (unpaired) electrons. The molecule has 20 heavy (non-hydrogen) atoms. The summed E-state index contributed by atoms with van der Waals surface area (Å²) in [7, 11) is 0. The van der Waals surface area contributed by atoms with E-state index in [2.05, 4.69) is 29.1 Å². The second kappa shape index (κ2) is 7.55. The van der Waals surface area contributed by atoms with Crippen molar-refractivity contribution in [2.45, 2.75) is 39.2 Å². The zero-order chi connectivity index (χ0) is 14.4. The maximum absolute atomic E-state index is 14.1. The first-order valence-corrected chi connectivity index (χ1v) is 8.15. The minimum atomic E-state index is -0.102. The molecule has 1 nitrogen and oxygen atoms in total. The van der Waals surface area contributed by atoms with Crippen LogP contribution < -0.4 is 5.32 Å². The van der Waals surface area contributed by atoms with E-state index in [1.807, 2.05) is 19.1 Å². The third-order valence-corrected chi connectivity index (χ3v) is 4.20. The molecule has 2 rings (SSSR count). The highest BCUT2D eigenvalue weighted by molar-refractivity contribution is 7.07. The van der Waals surface area contributed by atoms with E-state index in [0.29, 0.717) is 0 Å². The number of benzene rings is 1. The van der Waals surface area contributed by atoms with Crippen LogP contribution in [0.2, 0.25) is 0 Å². The molecule has 0 aliphatic rings. The average Bonchev–Trinajstić information content (AvgIpc) is 2.95. The van der Waals surface area contributed by atoms with Gasteiger partial charge in [0, 0.05) is 11.6 Å². The molecule has 108 valence electrons. The second-order valence-electron chi connectivity index (χ2n) is 5.20. The normalized spacial score (nSPS) is 12.6. The van der Waals surface area contributed by atoms with E-state index in [1.165, 1.54) is 5.56 Å². The van der Waals surface area contributed by atoms with Crippen molar-refractivity contribution in [3.8, 4) is 0 Å². The Morgan fingerprint density at radius 2 is 2.15 bits per heavy atom. The van der Waals surface area contributed by atoms with Gasteiger partial charge in [-0.25, -0.2) is 4.39 Å². The molecule has 0 saturated carbocycles. The summed E-state index contributed by atoms with van der Waals surface area (Å²) in [5, 5.41) is 7.74. The first-order chi connectivity index (χ1) is 9.70. The fraction of sp³-hybridized carbons (Fsp3) is 0.412. The van der Waals surface area contributed by atoms with Crippen LogP contribution in [0.15, 0.2) is 35.0 Å². The number of rotatable bonds is 7. The van der Waals surface area contributed by atoms with Gasteiger partial charge in [0.15, 0.2) is 0 Å². The van der Waals surface area contributed by atoms with Crippen LogP contribution >= 0.6 is 11.3 Å². The van der Waals surface area contributed by atoms with Crippen LogP contribution in [-0.2, 0) is 6.42 Å². The molecule has 0 amide bonds. The molecule has 3 heteroatoms. The molecular weight excluding hydrogens is 269 g/mol. The zero-order valence-electron chi connectivity index (χ0n) is 12.2. The summed E-state index contributed by atoms with van der Waals surface area (Å²) in [4.78, 5) is 0. The summed E-state index contributed by atoms with van der Waals surface area (Å²) < 4.78 is 14.1. The van der Waals surface area contributed by atoms with E-state index >= 15 is 0 Å². The predicted octanol–water partition coefficient (Wildman–Crippen LogP) is 4.87. The molecule has 0 aliphatic carbocycles. The third-order valence-electron chi connectivity index (χ3n) is 3.47. The predicted molar refractivity (Wildman–Crippen MR) is 84.8 cm³/mol. The summed E-state index contributed by atoms with van der Waals surface area (Å²) in [5.41, 5.74) is 3.25. The molecule has 1 unspecified atom stereocenters. The molecular formula is C17H22FNS. The second-order valence-corrected chi connectivity index (χ2v) is 5.98. The van der Waals surface area contributed by atoms with Crippen LogP contribution in [0.1, 0.15) is 42.5 Å². The van der Waals surface area contributed by atoms with Crippen LogP contribution in [0, 0.1) is 12.7 Å². The molecule has 1 aromatic carbocycles. The van der Waals surface area contributed by atoms with Crippen molar-refractivity contribution in [1.29, 1.82) is 0 Å². The van der Waals surface area contributed by atoms with E-state index in [4.69, 9.17) is 0 Å². The highest BCUT2D eigenvalue weighted by Crippen LogP contribution is 2.24. The van der Waals surface area contributed by atoms with Crippen molar-refractivity contribution < 1.29 is 4.39 Å². The van der Waals surface area contributed by atoms with Crippen molar-refractivity contribution in [3.63, 3.8) is 0 Å². The summed E-state index contributed by atoms with van der Waals surface area (Å²) in [6.07, 6.45) is 2.97. The third kappa shape index (κ3) is 4.15. The molecule has 1 heterocycles. The van der Waals surface area contributed by atoms with Crippen LogP contribution in [0.5, 0.6) is 0 Å². The molecule has 0 spiro atoms. The maximum atomic E-state index is 14.1. The lowest BCUT2D eigenvalue weighted by molar-refractivity contribution is 0.473. The Morgan fingerprint density at radius 3 is 2.85 bits per heavy atom. The van der Waals surface area contributed by atoms with E-state index in [9.17, 15) is 4.39 Å². The summed E-state index contributed by atoms with van der Waals surface area (Å²) in [6, 6.07) is 7.62. The quantitative estimate of drug-likeness (QED) is 0.767. The minimum Gasteiger partial charge on any atom is -0.310 e. The summed E-state index contributed by atoms with van der Waals surface area (Å²) in [6.45, 7) is 5.07. The lowest BCUT2D eigenvalue weighted by Crippen LogP contribution is -2.23. The topological polar surface area (TPSA) is 12.0 Å². The Balaban J connectivity index is 2.11. The summed E-state index contributed by atoms with van der Waals surface area (Å²) >= 11 is 1.72. The SMILES string of the molecule is CCCNC(CCc1ccsc1)c1cc(C)ccc1F. The molecule has 1 atom stereocenters. The van der Waals surface area contributed by atoms with Gasteiger partial charge in [-0.15, -0.1) is 0 Å². The largest absolute Gasteiger partial charge is 0.310 e. The minimum absolute atomic E-state index is 0.0924. The van der Waals surface area contributed by atoms with E-state index in [0.717, 1.165) is 36.9 Å². The molecule has 0 saturated heterocycles. The lowest BCUT2D eigenvalue weighted by Gasteiger charge is -2.20. The van der Waals surface area contributed by atoms with Crippen LogP contribution in [0.25, 0.3) is 0 Å². The molecule has 0 fully saturated rings. The first kappa shape index (κ1) is 15.2. The fourth-order valence-electron chi connectivity index (χ4n) is 2.36. The van der Waals surface area contributed by atoms with E-state index in [-0.39, 0.29) is 11.9 Å². The monoisotopic (exact) mass is 291 g/mol. The average molecular weight is 291 g/mol. The standard InChI is InChI=1S/C17H22FNS/c1-3-9-19-17(7-5-14-8-10-20-12-14)15-11-13(2)4-6-16(15)18/h4,6,8,10-12,17,19H,3,5,7,9H2,1-2H3. The van der Waals surface area contributed by atoms with Gasteiger partial charge in [0.1, 0.15) is 5.82 Å². The Bertz CT molecular complexity index is 522. The zero-order valence-corrected chi connectivity index (χ0v) is 13.0. The highest BCUT2D eigenvalue weighted by Gasteiger charge is 2.15. The van der Waals surface area contributed by atoms with Gasteiger partial charge in [0.05, 0.1) is 0 Å². The molecule has 1 N–H and O–H groups in total. The van der Waals surface area contributed by atoms with Gasteiger partial charge in [-0.05, 0) is 61.2 Å². The van der Waals surface area contributed by atoms with Crippen LogP contribution in [-0.4, -0.2) is 6.54 Å². The number of aryl methyl sites for hydroxylation is 2. The smallest absolute Gasteiger partial charge is 0.127 e. The van der Waals surface area contributed by atoms with Gasteiger partial charge in [0.25, 0.3) is 0 Å². The van der Waals surface area contributed by atoms with Gasteiger partial charge in [-0.3, -0.25) is 0 Å². The molecule has 0 aliphatic heterocycles. The fourth-order valence-corrected chi connectivity index (χ4v) is 3.07. The Morgan fingerprint density at radius 1 is 1.30 bits per heavy atom. The number of nitrogens with one attached hydrogen (secondary N) is 1. The Hall–Kier alpha value is -1.19. The first-order valence-electron chi connectivity index (χ1n) is 7.21. The van der Waals surface area contributed by atoms with Crippen molar-refractivity contribution in [2.24, 2.45) is 0 Å². The van der Waals surface area contributed by atoms with Crippen molar-refractivity contribution >= 4 is 11.3 Å². The Labute approximate surface area is 124 Å². The van der Waals surface area contributed by atoms with Crippen LogP contribution in [0.3, 0.4) is 0 Å². The van der Waals surface area contributed by atoms with E-state index < -0.39 is 0 Å². The van der Waals surface area contributed by atoms with Crippen molar-refractivity contribution in [2.75, 3.05) is 6.54 Å². The molecule has 2 aromatic rings. The van der Waals surface area contributed by atoms with Gasteiger partial charge in [-0.1, -0.05) is 24.6 Å². The molecule has 1 aromatic heterocycles. The highest BCUT2D eigenvalue weighted by atomic mass is 32.1. The molecule has 0 bridgehead atoms. The Kier molecular flexibility index (Phi) is 5.74. The van der Waals surface area contributed by atoms with Gasteiger partial charge < -0.3 is 5.32 Å². The number of halogens is 1. The number of thiophene rings is 1. The van der Waals surface area contributed by atoms with Crippen molar-refractivity contribution in [1.82, 2.24) is 5.32 Å². The number of hydrogen-bond acceptors (Lipinski definition) is 2. The number of hydrogen-bond donors (Lipinski definition) is 1. The lowest BCUT2D eigenvalue weighted by atomic mass is 9.98. The van der Waals surface area contributed by atoms with E-state index in [1.54, 1.807) is 17.4 Å². The van der Waals surface area contributed by atoms with Crippen molar-refractivity contribution in [3.05, 3.63) is 57.5 Å².